The minimum Gasteiger partial charge on any atom is -0.0971 e. The summed E-state index contributed by atoms with van der Waals surface area (Å²) in [6.45, 7) is 5.42. The molecule has 7 aliphatic rings. The molecule has 0 N–H and O–H groups in total. The van der Waals surface area contributed by atoms with Gasteiger partial charge in [0.15, 0.2) is 0 Å². The minimum atomic E-state index is -1.53. The Balaban J connectivity index is 1.13. The molecule has 0 heterocycles. The number of hydrogen-bond donors (Lipinski definition) is 0. The van der Waals surface area contributed by atoms with Crippen LogP contribution in [0.25, 0.3) is 0 Å². The highest BCUT2D eigenvalue weighted by Crippen LogP contribution is 2.59. The molecule has 4 atom stereocenters. The maximum Gasteiger partial charge on any atom is 0.0866 e. The maximum atomic E-state index is 3.20. The fourth-order valence-corrected chi connectivity index (χ4v) is 30.5. The van der Waals surface area contributed by atoms with Crippen LogP contribution in [0.1, 0.15) is 219 Å². The van der Waals surface area contributed by atoms with Crippen molar-refractivity contribution in [3.63, 3.8) is 0 Å². The Morgan fingerprint density at radius 1 is 0.300 bits per heavy atom. The zero-order chi connectivity index (χ0) is 34.2. The van der Waals surface area contributed by atoms with E-state index in [2.05, 4.69) is 37.4 Å². The molecule has 0 radical (unpaired) electrons. The van der Waals surface area contributed by atoms with Crippen LogP contribution in [0.15, 0.2) is 23.6 Å². The molecule has 0 saturated heterocycles. The van der Waals surface area contributed by atoms with Crippen molar-refractivity contribution in [2.75, 3.05) is 0 Å². The average molecular weight is 717 g/mol. The van der Waals surface area contributed by atoms with E-state index in [1.54, 1.807) is 154 Å². The Morgan fingerprint density at radius 3 is 0.700 bits per heavy atom. The summed E-state index contributed by atoms with van der Waals surface area (Å²) in [5, 5.41) is 0. The molecular weight excluding hydrogens is 633 g/mol. The Kier molecular flexibility index (Phi) is 14.1. The molecular formula is C48H84Si2. The van der Waals surface area contributed by atoms with Crippen molar-refractivity contribution in [1.29, 1.82) is 0 Å². The molecule has 0 aliphatic heterocycles. The number of hydrogen-bond acceptors (Lipinski definition) is 0. The van der Waals surface area contributed by atoms with Crippen LogP contribution < -0.4 is 0 Å². The highest BCUT2D eigenvalue weighted by atomic mass is 28.3. The van der Waals surface area contributed by atoms with Crippen molar-refractivity contribution in [1.82, 2.24) is 0 Å². The lowest BCUT2D eigenvalue weighted by Gasteiger charge is -2.52. The van der Waals surface area contributed by atoms with Gasteiger partial charge in [0.2, 0.25) is 0 Å². The van der Waals surface area contributed by atoms with E-state index in [0.717, 1.165) is 56.9 Å². The fourth-order valence-electron chi connectivity index (χ4n) is 15.2. The highest BCUT2D eigenvalue weighted by Gasteiger charge is 2.52. The van der Waals surface area contributed by atoms with Crippen molar-refractivity contribution in [2.45, 2.75) is 253 Å². The van der Waals surface area contributed by atoms with Gasteiger partial charge in [-0.2, -0.15) is 0 Å². The molecule has 0 aromatic rings. The third-order valence-electron chi connectivity index (χ3n) is 17.9. The SMILES string of the molecule is CC1CC(C=C[Si](C2CCCCC2)(C2CCCCC2)C2CCCCC2)C(C)CC1C=C[Si](C1CCCCC1)(C1CCCCC1)C1CCCCC1. The largest absolute Gasteiger partial charge is 0.0971 e. The number of rotatable bonds is 10. The van der Waals surface area contributed by atoms with Crippen molar-refractivity contribution in [2.24, 2.45) is 23.7 Å². The van der Waals surface area contributed by atoms with E-state index in [0.29, 0.717) is 0 Å². The van der Waals surface area contributed by atoms with Gasteiger partial charge in [-0.3, -0.25) is 0 Å². The molecule has 0 aromatic heterocycles. The molecule has 0 amide bonds. The first-order valence-electron chi connectivity index (χ1n) is 24.0. The molecule has 2 heteroatoms. The van der Waals surface area contributed by atoms with Crippen LogP contribution in [-0.2, 0) is 0 Å². The summed E-state index contributed by atoms with van der Waals surface area (Å²) >= 11 is 0. The lowest BCUT2D eigenvalue weighted by Crippen LogP contribution is -2.50. The molecule has 0 aromatic carbocycles. The lowest BCUT2D eigenvalue weighted by molar-refractivity contribution is 0.193. The standard InChI is InChI=1S/C48H84Si2/c1-39-37-42(34-36-50(46-27-15-6-16-28-46,47-29-17-7-18-30-47)48-31-19-8-20-32-48)40(2)38-41(39)33-35-49(43-21-9-3-10-22-43,44-23-11-4-12-24-44)45-25-13-5-14-26-45/h33-36,39-48H,3-32,37-38H2,1-2H3. The quantitative estimate of drug-likeness (QED) is 0.197. The zero-order valence-electron chi connectivity index (χ0n) is 33.7. The van der Waals surface area contributed by atoms with E-state index < -0.39 is 16.1 Å². The number of allylic oxidation sites excluding steroid dienone is 2. The van der Waals surface area contributed by atoms with Crippen molar-refractivity contribution in [3.8, 4) is 0 Å². The minimum absolute atomic E-state index is 0.842. The second-order valence-electron chi connectivity index (χ2n) is 20.5. The van der Waals surface area contributed by atoms with E-state index in [4.69, 9.17) is 0 Å². The fraction of sp³-hybridized carbons (Fsp3) is 0.917. The Labute approximate surface area is 314 Å². The first kappa shape index (κ1) is 38.2. The third-order valence-corrected chi connectivity index (χ3v) is 31.4. The molecule has 0 bridgehead atoms. The van der Waals surface area contributed by atoms with Crippen LogP contribution in [-0.4, -0.2) is 16.1 Å². The van der Waals surface area contributed by atoms with Gasteiger partial charge in [0.1, 0.15) is 0 Å². The summed E-state index contributed by atoms with van der Waals surface area (Å²) < 4.78 is 0. The van der Waals surface area contributed by atoms with Gasteiger partial charge in [-0.15, -0.1) is 0 Å². The second-order valence-corrected chi connectivity index (χ2v) is 30.0. The van der Waals surface area contributed by atoms with Gasteiger partial charge in [0, 0.05) is 0 Å². The Bertz CT molecular complexity index is 863. The van der Waals surface area contributed by atoms with Gasteiger partial charge in [-0.1, -0.05) is 230 Å². The van der Waals surface area contributed by atoms with E-state index in [9.17, 15) is 0 Å². The normalized spacial score (nSPS) is 33.8. The van der Waals surface area contributed by atoms with E-state index in [-0.39, 0.29) is 0 Å². The first-order chi connectivity index (χ1) is 24.6. The summed E-state index contributed by atoms with van der Waals surface area (Å²) in [7, 11) is -3.07. The monoisotopic (exact) mass is 717 g/mol. The van der Waals surface area contributed by atoms with Crippen molar-refractivity contribution in [3.05, 3.63) is 23.6 Å². The van der Waals surface area contributed by atoms with Gasteiger partial charge in [0.25, 0.3) is 0 Å². The highest BCUT2D eigenvalue weighted by molar-refractivity contribution is 6.89. The molecule has 7 saturated carbocycles. The predicted molar refractivity (Wildman–Crippen MR) is 225 cm³/mol. The van der Waals surface area contributed by atoms with E-state index >= 15 is 0 Å². The average Bonchev–Trinajstić information content (AvgIpc) is 3.19. The lowest BCUT2D eigenvalue weighted by atomic mass is 9.69. The Morgan fingerprint density at radius 2 is 0.500 bits per heavy atom. The van der Waals surface area contributed by atoms with Crippen molar-refractivity contribution < 1.29 is 0 Å². The van der Waals surface area contributed by atoms with E-state index in [1.165, 1.54) is 51.4 Å². The summed E-state index contributed by atoms with van der Waals surface area (Å²) in [6.07, 6.45) is 55.9. The van der Waals surface area contributed by atoms with Gasteiger partial charge in [-0.25, -0.2) is 0 Å². The molecule has 50 heavy (non-hydrogen) atoms. The Hall–Kier alpha value is -0.0862. The van der Waals surface area contributed by atoms with Crippen LogP contribution in [0.5, 0.6) is 0 Å². The zero-order valence-corrected chi connectivity index (χ0v) is 35.7. The van der Waals surface area contributed by atoms with Gasteiger partial charge < -0.3 is 0 Å². The van der Waals surface area contributed by atoms with Crippen LogP contribution in [0.3, 0.4) is 0 Å². The van der Waals surface area contributed by atoms with Crippen LogP contribution in [0, 0.1) is 23.7 Å². The van der Waals surface area contributed by atoms with E-state index in [1.807, 2.05) is 0 Å². The summed E-state index contributed by atoms with van der Waals surface area (Å²) in [5.74, 6) is 3.41. The predicted octanol–water partition coefficient (Wildman–Crippen LogP) is 16.4. The summed E-state index contributed by atoms with van der Waals surface area (Å²) in [6, 6.07) is 0. The molecule has 0 spiro atoms. The van der Waals surface area contributed by atoms with Gasteiger partial charge in [0.05, 0.1) is 16.1 Å². The second kappa shape index (κ2) is 18.5. The van der Waals surface area contributed by atoms with Crippen LogP contribution in [0.2, 0.25) is 33.2 Å². The van der Waals surface area contributed by atoms with Gasteiger partial charge >= 0.3 is 0 Å². The van der Waals surface area contributed by atoms with Crippen LogP contribution >= 0.6 is 0 Å². The summed E-state index contributed by atoms with van der Waals surface area (Å²) in [4.78, 5) is 0. The molecule has 7 rings (SSSR count). The summed E-state index contributed by atoms with van der Waals surface area (Å²) in [5.41, 5.74) is 13.1. The smallest absolute Gasteiger partial charge is 0.0866 e. The van der Waals surface area contributed by atoms with Crippen molar-refractivity contribution >= 4 is 16.1 Å². The van der Waals surface area contributed by atoms with Crippen LogP contribution in [0.4, 0.5) is 0 Å². The first-order valence-corrected chi connectivity index (χ1v) is 28.6. The molecule has 284 valence electrons. The topological polar surface area (TPSA) is 0 Å². The molecule has 7 aliphatic carbocycles. The third kappa shape index (κ3) is 8.42. The molecule has 0 nitrogen and oxygen atoms in total. The molecule has 7 fully saturated rings. The van der Waals surface area contributed by atoms with Gasteiger partial charge in [-0.05, 0) is 69.8 Å². The molecule has 4 unspecified atom stereocenters. The maximum absolute atomic E-state index is 3.20.